The highest BCUT2D eigenvalue weighted by Gasteiger charge is 2.17. The summed E-state index contributed by atoms with van der Waals surface area (Å²) in [5.74, 6) is 1.18. The van der Waals surface area contributed by atoms with Crippen LogP contribution in [0.2, 0.25) is 0 Å². The van der Waals surface area contributed by atoms with Crippen molar-refractivity contribution in [2.75, 3.05) is 39.6 Å². The van der Waals surface area contributed by atoms with Gasteiger partial charge in [-0.2, -0.15) is 0 Å². The fourth-order valence-electron chi connectivity index (χ4n) is 1.78. The molecule has 2 aliphatic heterocycles. The molecule has 2 saturated heterocycles. The molecule has 2 rings (SSSR count). The molecule has 2 fully saturated rings. The lowest BCUT2D eigenvalue weighted by Gasteiger charge is -2.25. The molecule has 0 aliphatic carbocycles. The average molecular weight is 260 g/mol. The molecule has 0 saturated carbocycles. The topological polar surface area (TPSA) is 36.9 Å². The highest BCUT2D eigenvalue weighted by molar-refractivity contribution is 4.64. The molecule has 4 heteroatoms. The molecule has 0 aromatic rings. The lowest BCUT2D eigenvalue weighted by Crippen LogP contribution is -2.32. The first-order valence-corrected chi connectivity index (χ1v) is 7.00. The second kappa shape index (κ2) is 8.86. The molecule has 0 unspecified atom stereocenters. The van der Waals surface area contributed by atoms with Crippen molar-refractivity contribution in [1.29, 1.82) is 0 Å². The van der Waals surface area contributed by atoms with Gasteiger partial charge in [0, 0.05) is 0 Å². The van der Waals surface area contributed by atoms with Gasteiger partial charge in [0.05, 0.1) is 51.8 Å². The van der Waals surface area contributed by atoms with Crippen LogP contribution in [0.4, 0.5) is 0 Å². The molecule has 2 atom stereocenters. The van der Waals surface area contributed by atoms with Crippen molar-refractivity contribution in [3.8, 4) is 0 Å². The van der Waals surface area contributed by atoms with Gasteiger partial charge in [-0.1, -0.05) is 27.7 Å². The zero-order valence-corrected chi connectivity index (χ0v) is 12.2. The van der Waals surface area contributed by atoms with Crippen molar-refractivity contribution in [1.82, 2.24) is 0 Å². The van der Waals surface area contributed by atoms with Gasteiger partial charge < -0.3 is 18.9 Å². The summed E-state index contributed by atoms with van der Waals surface area (Å²) in [6.45, 7) is 13.2. The Labute approximate surface area is 111 Å². The number of ether oxygens (including phenoxy) is 4. The van der Waals surface area contributed by atoms with Gasteiger partial charge in [0.1, 0.15) is 0 Å². The molecule has 2 heterocycles. The lowest BCUT2D eigenvalue weighted by atomic mass is 10.1. The zero-order valence-electron chi connectivity index (χ0n) is 12.2. The van der Waals surface area contributed by atoms with Gasteiger partial charge in [-0.3, -0.25) is 0 Å². The minimum Gasteiger partial charge on any atom is -0.376 e. The van der Waals surface area contributed by atoms with E-state index in [4.69, 9.17) is 18.9 Å². The molecule has 2 aliphatic rings. The molecule has 18 heavy (non-hydrogen) atoms. The summed E-state index contributed by atoms with van der Waals surface area (Å²) in [6.07, 6.45) is 0.664. The summed E-state index contributed by atoms with van der Waals surface area (Å²) in [5.41, 5.74) is 0. The molecule has 4 nitrogen and oxygen atoms in total. The quantitative estimate of drug-likeness (QED) is 0.762. The SMILES string of the molecule is CC(C)[C@@H]1COCCO1.CC(C)[C@H]1COCCO1. The van der Waals surface area contributed by atoms with E-state index in [0.717, 1.165) is 39.6 Å². The highest BCUT2D eigenvalue weighted by Crippen LogP contribution is 2.10. The van der Waals surface area contributed by atoms with E-state index in [0.29, 0.717) is 24.0 Å². The van der Waals surface area contributed by atoms with E-state index in [9.17, 15) is 0 Å². The van der Waals surface area contributed by atoms with Crippen molar-refractivity contribution in [3.05, 3.63) is 0 Å². The van der Waals surface area contributed by atoms with Gasteiger partial charge >= 0.3 is 0 Å². The van der Waals surface area contributed by atoms with Crippen molar-refractivity contribution in [2.45, 2.75) is 39.9 Å². The summed E-state index contributed by atoms with van der Waals surface area (Å²) in [4.78, 5) is 0. The maximum atomic E-state index is 5.41. The molecule has 0 aromatic carbocycles. The van der Waals surface area contributed by atoms with Crippen LogP contribution in [0, 0.1) is 11.8 Å². The van der Waals surface area contributed by atoms with Crippen LogP contribution in [0.1, 0.15) is 27.7 Å². The summed E-state index contributed by atoms with van der Waals surface area (Å²) < 4.78 is 21.3. The van der Waals surface area contributed by atoms with Crippen LogP contribution in [0.15, 0.2) is 0 Å². The normalized spacial score (nSPS) is 29.0. The summed E-state index contributed by atoms with van der Waals surface area (Å²) in [5, 5.41) is 0. The highest BCUT2D eigenvalue weighted by atomic mass is 16.6. The fraction of sp³-hybridized carbons (Fsp3) is 1.00. The molecular formula is C14H28O4. The molecule has 0 amide bonds. The Bertz CT molecular complexity index is 172. The first-order valence-electron chi connectivity index (χ1n) is 7.00. The molecule has 0 N–H and O–H groups in total. The maximum absolute atomic E-state index is 5.41. The maximum Gasteiger partial charge on any atom is 0.0832 e. The van der Waals surface area contributed by atoms with Crippen LogP contribution in [0.3, 0.4) is 0 Å². The van der Waals surface area contributed by atoms with Crippen LogP contribution in [-0.4, -0.2) is 51.8 Å². The largest absolute Gasteiger partial charge is 0.376 e. The Morgan fingerprint density at radius 3 is 1.22 bits per heavy atom. The summed E-state index contributed by atoms with van der Waals surface area (Å²) in [7, 11) is 0. The van der Waals surface area contributed by atoms with E-state index in [1.165, 1.54) is 0 Å². The first-order chi connectivity index (χ1) is 8.61. The Hall–Kier alpha value is -0.160. The molecular weight excluding hydrogens is 232 g/mol. The third-order valence-corrected chi connectivity index (χ3v) is 3.17. The second-order valence-electron chi connectivity index (χ2n) is 5.46. The lowest BCUT2D eigenvalue weighted by molar-refractivity contribution is -0.105. The van der Waals surface area contributed by atoms with Crippen LogP contribution in [0.25, 0.3) is 0 Å². The van der Waals surface area contributed by atoms with E-state index in [1.807, 2.05) is 0 Å². The predicted octanol–water partition coefficient (Wildman–Crippen LogP) is 2.12. The van der Waals surface area contributed by atoms with Gasteiger partial charge in [-0.25, -0.2) is 0 Å². The molecule has 0 spiro atoms. The summed E-state index contributed by atoms with van der Waals surface area (Å²) in [6, 6.07) is 0. The third kappa shape index (κ3) is 6.14. The van der Waals surface area contributed by atoms with E-state index in [2.05, 4.69) is 27.7 Å². The Morgan fingerprint density at radius 2 is 1.06 bits per heavy atom. The standard InChI is InChI=1S/2C7H14O2/c2*1-6(2)7-5-8-3-4-9-7/h2*6-7H,3-5H2,1-2H3/t2*7-/m10/s1. The summed E-state index contributed by atoms with van der Waals surface area (Å²) >= 11 is 0. The van der Waals surface area contributed by atoms with Gasteiger partial charge in [-0.15, -0.1) is 0 Å². The monoisotopic (exact) mass is 260 g/mol. The Kier molecular flexibility index (Phi) is 7.82. The minimum absolute atomic E-state index is 0.332. The van der Waals surface area contributed by atoms with E-state index >= 15 is 0 Å². The second-order valence-corrected chi connectivity index (χ2v) is 5.46. The van der Waals surface area contributed by atoms with E-state index in [1.54, 1.807) is 0 Å². The fourth-order valence-corrected chi connectivity index (χ4v) is 1.78. The predicted molar refractivity (Wildman–Crippen MR) is 70.8 cm³/mol. The van der Waals surface area contributed by atoms with Gasteiger partial charge in [0.25, 0.3) is 0 Å². The van der Waals surface area contributed by atoms with Crippen LogP contribution >= 0.6 is 0 Å². The van der Waals surface area contributed by atoms with Crippen LogP contribution in [-0.2, 0) is 18.9 Å². The number of hydrogen-bond donors (Lipinski definition) is 0. The minimum atomic E-state index is 0.332. The zero-order chi connectivity index (χ0) is 13.4. The van der Waals surface area contributed by atoms with Crippen LogP contribution in [0.5, 0.6) is 0 Å². The number of rotatable bonds is 2. The first kappa shape index (κ1) is 15.9. The van der Waals surface area contributed by atoms with Gasteiger partial charge in [0.2, 0.25) is 0 Å². The van der Waals surface area contributed by atoms with Gasteiger partial charge in [0.15, 0.2) is 0 Å². The third-order valence-electron chi connectivity index (χ3n) is 3.17. The number of hydrogen-bond acceptors (Lipinski definition) is 4. The van der Waals surface area contributed by atoms with E-state index < -0.39 is 0 Å². The molecule has 0 bridgehead atoms. The molecule has 108 valence electrons. The molecule has 0 radical (unpaired) electrons. The van der Waals surface area contributed by atoms with E-state index in [-0.39, 0.29) is 0 Å². The molecule has 0 aromatic heterocycles. The average Bonchev–Trinajstić information content (AvgIpc) is 2.41. The Morgan fingerprint density at radius 1 is 0.667 bits per heavy atom. The van der Waals surface area contributed by atoms with Crippen LogP contribution < -0.4 is 0 Å². The van der Waals surface area contributed by atoms with Crippen molar-refractivity contribution >= 4 is 0 Å². The van der Waals surface area contributed by atoms with Gasteiger partial charge in [-0.05, 0) is 11.8 Å². The van der Waals surface area contributed by atoms with Crippen molar-refractivity contribution in [2.24, 2.45) is 11.8 Å². The Balaban J connectivity index is 0.000000180. The smallest absolute Gasteiger partial charge is 0.0832 e. The van der Waals surface area contributed by atoms with Crippen molar-refractivity contribution < 1.29 is 18.9 Å². The van der Waals surface area contributed by atoms with Crippen molar-refractivity contribution in [3.63, 3.8) is 0 Å².